The van der Waals surface area contributed by atoms with Crippen LogP contribution in [-0.2, 0) is 9.59 Å². The van der Waals surface area contributed by atoms with Gasteiger partial charge in [0, 0.05) is 32.0 Å². The molecule has 2 rings (SSSR count). The van der Waals surface area contributed by atoms with Gasteiger partial charge in [0.15, 0.2) is 0 Å². The van der Waals surface area contributed by atoms with Crippen LogP contribution in [0.25, 0.3) is 0 Å². The van der Waals surface area contributed by atoms with Crippen molar-refractivity contribution in [1.29, 1.82) is 0 Å². The first-order valence-corrected chi connectivity index (χ1v) is 6.89. The van der Waals surface area contributed by atoms with Gasteiger partial charge in [-0.1, -0.05) is 0 Å². The van der Waals surface area contributed by atoms with Crippen molar-refractivity contribution in [2.75, 3.05) is 26.2 Å². The maximum Gasteiger partial charge on any atom is 0.229 e. The van der Waals surface area contributed by atoms with E-state index in [2.05, 4.69) is 11.8 Å². The Morgan fingerprint density at radius 3 is 2.16 bits per heavy atom. The minimum Gasteiger partial charge on any atom is -0.328 e. The van der Waals surface area contributed by atoms with Crippen LogP contribution in [0.2, 0.25) is 0 Å². The molecule has 0 bridgehead atoms. The summed E-state index contributed by atoms with van der Waals surface area (Å²) in [6.45, 7) is 5.50. The molecule has 0 aromatic rings. The van der Waals surface area contributed by atoms with Crippen molar-refractivity contribution in [3.8, 4) is 0 Å². The molecule has 2 aliphatic heterocycles. The average molecular weight is 290 g/mol. The number of nitrogens with two attached hydrogens (primary N) is 1. The van der Waals surface area contributed by atoms with Gasteiger partial charge in [0.25, 0.3) is 0 Å². The first-order chi connectivity index (χ1) is 8.58. The number of carbonyl (C=O) groups is 2. The van der Waals surface area contributed by atoms with Gasteiger partial charge in [0.2, 0.25) is 11.8 Å². The van der Waals surface area contributed by atoms with Gasteiger partial charge >= 0.3 is 0 Å². The number of halogens is 1. The summed E-state index contributed by atoms with van der Waals surface area (Å²) in [6.07, 6.45) is 3.04. The summed E-state index contributed by atoms with van der Waals surface area (Å²) in [5.74, 6) is 0.604. The molecular weight excluding hydrogens is 266 g/mol. The van der Waals surface area contributed by atoms with Crippen LogP contribution in [0, 0.1) is 5.92 Å². The summed E-state index contributed by atoms with van der Waals surface area (Å²) in [6, 6.07) is 0.272. The highest BCUT2D eigenvalue weighted by atomic mass is 35.5. The van der Waals surface area contributed by atoms with Crippen molar-refractivity contribution >= 4 is 24.2 Å². The zero-order valence-corrected chi connectivity index (χ0v) is 12.3. The molecule has 6 heteroatoms. The highest BCUT2D eigenvalue weighted by Crippen LogP contribution is 2.19. The van der Waals surface area contributed by atoms with E-state index in [1.165, 1.54) is 4.90 Å². The smallest absolute Gasteiger partial charge is 0.229 e. The Kier molecular flexibility index (Phi) is 6.23. The molecule has 2 heterocycles. The van der Waals surface area contributed by atoms with Crippen molar-refractivity contribution in [1.82, 2.24) is 9.80 Å². The van der Waals surface area contributed by atoms with Crippen molar-refractivity contribution in [3.05, 3.63) is 0 Å². The third-order valence-corrected chi connectivity index (χ3v) is 4.17. The zero-order valence-electron chi connectivity index (χ0n) is 11.5. The van der Waals surface area contributed by atoms with Crippen molar-refractivity contribution < 1.29 is 9.59 Å². The topological polar surface area (TPSA) is 66.6 Å². The van der Waals surface area contributed by atoms with Gasteiger partial charge < -0.3 is 10.6 Å². The number of carbonyl (C=O) groups excluding carboxylic acids is 2. The molecule has 110 valence electrons. The standard InChI is InChI=1S/C13H23N3O2.ClH/c1-10(14)11-4-6-15(7-5-11)8-9-16-12(17)2-3-13(16)18;/h10-11H,2-9,14H2,1H3;1H. The van der Waals surface area contributed by atoms with Gasteiger partial charge in [-0.15, -0.1) is 12.4 Å². The first-order valence-electron chi connectivity index (χ1n) is 6.89. The maximum absolute atomic E-state index is 11.5. The van der Waals surface area contributed by atoms with E-state index in [1.54, 1.807) is 0 Å². The highest BCUT2D eigenvalue weighted by molar-refractivity contribution is 6.01. The van der Waals surface area contributed by atoms with Crippen molar-refractivity contribution in [2.24, 2.45) is 11.7 Å². The zero-order chi connectivity index (χ0) is 13.1. The lowest BCUT2D eigenvalue weighted by Crippen LogP contribution is -2.43. The lowest BCUT2D eigenvalue weighted by molar-refractivity contribution is -0.138. The number of rotatable bonds is 4. The van der Waals surface area contributed by atoms with E-state index >= 15 is 0 Å². The number of nitrogens with zero attached hydrogens (tertiary/aromatic N) is 2. The lowest BCUT2D eigenvalue weighted by atomic mass is 9.91. The second kappa shape index (κ2) is 7.22. The molecule has 0 aliphatic carbocycles. The summed E-state index contributed by atoms with van der Waals surface area (Å²) < 4.78 is 0. The molecule has 0 radical (unpaired) electrons. The van der Waals surface area contributed by atoms with Crippen LogP contribution in [0.15, 0.2) is 0 Å². The minimum absolute atomic E-state index is 0. The van der Waals surface area contributed by atoms with Gasteiger partial charge in [-0.2, -0.15) is 0 Å². The fourth-order valence-electron chi connectivity index (χ4n) is 2.82. The summed E-state index contributed by atoms with van der Waals surface area (Å²) >= 11 is 0. The highest BCUT2D eigenvalue weighted by Gasteiger charge is 2.29. The molecule has 1 atom stereocenters. The second-order valence-electron chi connectivity index (χ2n) is 5.48. The summed E-state index contributed by atoms with van der Waals surface area (Å²) in [7, 11) is 0. The molecule has 2 amide bonds. The third kappa shape index (κ3) is 4.16. The molecule has 2 saturated heterocycles. The van der Waals surface area contributed by atoms with Crippen LogP contribution in [-0.4, -0.2) is 53.8 Å². The average Bonchev–Trinajstić information content (AvgIpc) is 2.67. The van der Waals surface area contributed by atoms with Gasteiger partial charge in [-0.05, 0) is 38.8 Å². The number of amides is 2. The molecule has 0 spiro atoms. The summed E-state index contributed by atoms with van der Waals surface area (Å²) in [4.78, 5) is 26.7. The van der Waals surface area contributed by atoms with E-state index in [1.807, 2.05) is 0 Å². The van der Waals surface area contributed by atoms with Crippen LogP contribution in [0.5, 0.6) is 0 Å². The fraction of sp³-hybridized carbons (Fsp3) is 0.846. The van der Waals surface area contributed by atoms with Crippen LogP contribution in [0.1, 0.15) is 32.6 Å². The summed E-state index contributed by atoms with van der Waals surface area (Å²) in [5.41, 5.74) is 5.91. The van der Waals surface area contributed by atoms with E-state index in [0.29, 0.717) is 25.3 Å². The Morgan fingerprint density at radius 2 is 1.68 bits per heavy atom. The van der Waals surface area contributed by atoms with Crippen LogP contribution in [0.3, 0.4) is 0 Å². The molecule has 1 unspecified atom stereocenters. The number of hydrogen-bond donors (Lipinski definition) is 1. The maximum atomic E-state index is 11.5. The number of likely N-dealkylation sites (tertiary alicyclic amines) is 2. The van der Waals surface area contributed by atoms with E-state index in [9.17, 15) is 9.59 Å². The number of piperidine rings is 1. The second-order valence-corrected chi connectivity index (χ2v) is 5.48. The Bertz CT molecular complexity index is 312. The lowest BCUT2D eigenvalue weighted by Gasteiger charge is -2.34. The third-order valence-electron chi connectivity index (χ3n) is 4.17. The Morgan fingerprint density at radius 1 is 1.16 bits per heavy atom. The SMILES string of the molecule is CC(N)C1CCN(CCN2C(=O)CCC2=O)CC1.Cl. The van der Waals surface area contributed by atoms with E-state index in [0.717, 1.165) is 32.5 Å². The molecular formula is C13H24ClN3O2. The molecule has 5 nitrogen and oxygen atoms in total. The van der Waals surface area contributed by atoms with Gasteiger partial charge in [0.1, 0.15) is 0 Å². The van der Waals surface area contributed by atoms with E-state index < -0.39 is 0 Å². The normalized spacial score (nSPS) is 23.6. The largest absolute Gasteiger partial charge is 0.328 e. The van der Waals surface area contributed by atoms with E-state index in [4.69, 9.17) is 5.73 Å². The molecule has 19 heavy (non-hydrogen) atoms. The van der Waals surface area contributed by atoms with Crippen LogP contribution in [0.4, 0.5) is 0 Å². The molecule has 2 aliphatic rings. The number of imide groups is 1. The molecule has 2 fully saturated rings. The van der Waals surface area contributed by atoms with Crippen molar-refractivity contribution in [3.63, 3.8) is 0 Å². The molecule has 2 N–H and O–H groups in total. The quantitative estimate of drug-likeness (QED) is 0.771. The Labute approximate surface area is 120 Å². The van der Waals surface area contributed by atoms with Crippen LogP contribution < -0.4 is 5.73 Å². The van der Waals surface area contributed by atoms with Gasteiger partial charge in [0.05, 0.1) is 0 Å². The summed E-state index contributed by atoms with van der Waals surface area (Å²) in [5, 5.41) is 0. The van der Waals surface area contributed by atoms with Gasteiger partial charge in [-0.25, -0.2) is 0 Å². The number of hydrogen-bond acceptors (Lipinski definition) is 4. The minimum atomic E-state index is -0.00883. The van der Waals surface area contributed by atoms with Crippen LogP contribution >= 0.6 is 12.4 Å². The Balaban J connectivity index is 0.00000180. The predicted octanol–water partition coefficient (Wildman–Crippen LogP) is 0.616. The monoisotopic (exact) mass is 289 g/mol. The molecule has 0 aromatic carbocycles. The first kappa shape index (κ1) is 16.4. The fourth-order valence-corrected chi connectivity index (χ4v) is 2.82. The van der Waals surface area contributed by atoms with Crippen molar-refractivity contribution in [2.45, 2.75) is 38.6 Å². The van der Waals surface area contributed by atoms with Gasteiger partial charge in [-0.3, -0.25) is 14.5 Å². The molecule has 0 saturated carbocycles. The Hall–Kier alpha value is -0.650. The van der Waals surface area contributed by atoms with E-state index in [-0.39, 0.29) is 30.3 Å². The predicted molar refractivity (Wildman–Crippen MR) is 76.0 cm³/mol. The molecule has 0 aromatic heterocycles.